The minimum atomic E-state index is -2.93. The highest BCUT2D eigenvalue weighted by Gasteiger charge is 2.26. The van der Waals surface area contributed by atoms with E-state index in [2.05, 4.69) is 4.74 Å². The van der Waals surface area contributed by atoms with Crippen molar-refractivity contribution in [3.8, 4) is 5.75 Å². The van der Waals surface area contributed by atoms with Gasteiger partial charge in [-0.3, -0.25) is 9.59 Å². The number of carbonyl (C=O) groups is 2. The SMILES string of the molecule is NC(=O)C1CCN(C(=O)c2cccc(OC(F)F)c2)CC1. The molecule has 1 saturated heterocycles. The van der Waals surface area contributed by atoms with E-state index in [0.29, 0.717) is 25.9 Å². The van der Waals surface area contributed by atoms with Crippen LogP contribution in [0.15, 0.2) is 24.3 Å². The molecule has 5 nitrogen and oxygen atoms in total. The van der Waals surface area contributed by atoms with E-state index in [1.54, 1.807) is 11.0 Å². The summed E-state index contributed by atoms with van der Waals surface area (Å²) in [6.45, 7) is -2.08. The van der Waals surface area contributed by atoms with Crippen molar-refractivity contribution in [1.82, 2.24) is 4.90 Å². The van der Waals surface area contributed by atoms with Crippen molar-refractivity contribution >= 4 is 11.8 Å². The van der Waals surface area contributed by atoms with Crippen LogP contribution in [0.1, 0.15) is 23.2 Å². The van der Waals surface area contributed by atoms with Crippen LogP contribution in [0.5, 0.6) is 5.75 Å². The summed E-state index contributed by atoms with van der Waals surface area (Å²) in [7, 11) is 0. The molecular formula is C14H16F2N2O3. The first kappa shape index (κ1) is 15.2. The quantitative estimate of drug-likeness (QED) is 0.918. The van der Waals surface area contributed by atoms with E-state index in [9.17, 15) is 18.4 Å². The lowest BCUT2D eigenvalue weighted by Crippen LogP contribution is -2.41. The van der Waals surface area contributed by atoms with Crippen LogP contribution in [0.3, 0.4) is 0 Å². The average molecular weight is 298 g/mol. The van der Waals surface area contributed by atoms with Crippen molar-refractivity contribution < 1.29 is 23.1 Å². The first-order valence-electron chi connectivity index (χ1n) is 6.61. The van der Waals surface area contributed by atoms with Gasteiger partial charge < -0.3 is 15.4 Å². The molecule has 2 N–H and O–H groups in total. The van der Waals surface area contributed by atoms with Gasteiger partial charge in [0.15, 0.2) is 0 Å². The molecule has 0 radical (unpaired) electrons. The lowest BCUT2D eigenvalue weighted by Gasteiger charge is -2.30. The molecule has 0 unspecified atom stereocenters. The van der Waals surface area contributed by atoms with Crippen LogP contribution in [-0.4, -0.2) is 36.4 Å². The second-order valence-corrected chi connectivity index (χ2v) is 4.88. The predicted molar refractivity (Wildman–Crippen MR) is 70.9 cm³/mol. The molecule has 1 fully saturated rings. The number of ether oxygens (including phenoxy) is 1. The third kappa shape index (κ3) is 3.90. The zero-order chi connectivity index (χ0) is 15.4. The van der Waals surface area contributed by atoms with E-state index < -0.39 is 6.61 Å². The van der Waals surface area contributed by atoms with Crippen LogP contribution in [-0.2, 0) is 4.79 Å². The summed E-state index contributed by atoms with van der Waals surface area (Å²) in [6.07, 6.45) is 1.04. The number of carbonyl (C=O) groups excluding carboxylic acids is 2. The zero-order valence-corrected chi connectivity index (χ0v) is 11.3. The molecule has 0 aromatic heterocycles. The summed E-state index contributed by atoms with van der Waals surface area (Å²) in [6, 6.07) is 5.68. The van der Waals surface area contributed by atoms with E-state index in [-0.39, 0.29) is 29.0 Å². The summed E-state index contributed by atoms with van der Waals surface area (Å²) in [5.41, 5.74) is 5.52. The second-order valence-electron chi connectivity index (χ2n) is 4.88. The Morgan fingerprint density at radius 1 is 1.29 bits per heavy atom. The largest absolute Gasteiger partial charge is 0.435 e. The summed E-state index contributed by atoms with van der Waals surface area (Å²) < 4.78 is 28.6. The van der Waals surface area contributed by atoms with Gasteiger partial charge in [-0.25, -0.2) is 0 Å². The van der Waals surface area contributed by atoms with Crippen molar-refractivity contribution in [3.63, 3.8) is 0 Å². The first-order valence-corrected chi connectivity index (χ1v) is 6.61. The summed E-state index contributed by atoms with van der Waals surface area (Å²) >= 11 is 0. The Morgan fingerprint density at radius 3 is 2.52 bits per heavy atom. The normalized spacial score (nSPS) is 16.0. The highest BCUT2D eigenvalue weighted by atomic mass is 19.3. The van der Waals surface area contributed by atoms with Crippen LogP contribution < -0.4 is 10.5 Å². The minimum absolute atomic E-state index is 0.0529. The van der Waals surface area contributed by atoms with Crippen molar-refractivity contribution in [2.75, 3.05) is 13.1 Å². The van der Waals surface area contributed by atoms with Crippen LogP contribution in [0.2, 0.25) is 0 Å². The highest BCUT2D eigenvalue weighted by Crippen LogP contribution is 2.21. The molecule has 0 bridgehead atoms. The molecule has 1 aliphatic rings. The molecule has 2 amide bonds. The van der Waals surface area contributed by atoms with E-state index in [4.69, 9.17) is 5.73 Å². The third-order valence-corrected chi connectivity index (χ3v) is 3.49. The predicted octanol–water partition coefficient (Wildman–Crippen LogP) is 1.63. The summed E-state index contributed by atoms with van der Waals surface area (Å²) in [5.74, 6) is -0.877. The Labute approximate surface area is 120 Å². The Hall–Kier alpha value is -2.18. The molecule has 1 aromatic rings. The molecule has 1 heterocycles. The smallest absolute Gasteiger partial charge is 0.387 e. The number of halogens is 2. The fourth-order valence-electron chi connectivity index (χ4n) is 2.35. The van der Waals surface area contributed by atoms with Gasteiger partial charge in [0.05, 0.1) is 0 Å². The number of nitrogens with zero attached hydrogens (tertiary/aromatic N) is 1. The maximum absolute atomic E-state index is 12.3. The number of primary amides is 1. The third-order valence-electron chi connectivity index (χ3n) is 3.49. The number of hydrogen-bond acceptors (Lipinski definition) is 3. The summed E-state index contributed by atoms with van der Waals surface area (Å²) in [5, 5.41) is 0. The molecule has 1 aromatic carbocycles. The molecule has 0 atom stereocenters. The molecule has 1 aliphatic heterocycles. The van der Waals surface area contributed by atoms with Crippen molar-refractivity contribution in [2.45, 2.75) is 19.5 Å². The Morgan fingerprint density at radius 2 is 1.95 bits per heavy atom. The van der Waals surface area contributed by atoms with Gasteiger partial charge in [-0.15, -0.1) is 0 Å². The molecule has 114 valence electrons. The number of hydrogen-bond donors (Lipinski definition) is 1. The zero-order valence-electron chi connectivity index (χ0n) is 11.3. The van der Waals surface area contributed by atoms with Crippen molar-refractivity contribution in [1.29, 1.82) is 0 Å². The average Bonchev–Trinajstić information content (AvgIpc) is 2.46. The number of amides is 2. The van der Waals surface area contributed by atoms with Gasteiger partial charge in [-0.2, -0.15) is 8.78 Å². The maximum Gasteiger partial charge on any atom is 0.387 e. The lowest BCUT2D eigenvalue weighted by atomic mass is 9.96. The molecule has 7 heteroatoms. The van der Waals surface area contributed by atoms with Gasteiger partial charge in [0.1, 0.15) is 5.75 Å². The summed E-state index contributed by atoms with van der Waals surface area (Å²) in [4.78, 5) is 24.9. The number of benzene rings is 1. The monoisotopic (exact) mass is 298 g/mol. The topological polar surface area (TPSA) is 72.6 Å². The Bertz CT molecular complexity index is 529. The Balaban J connectivity index is 2.02. The number of piperidine rings is 1. The second kappa shape index (κ2) is 6.51. The Kier molecular flexibility index (Phi) is 4.72. The first-order chi connectivity index (χ1) is 9.97. The standard InChI is InChI=1S/C14H16F2N2O3/c15-14(16)21-11-3-1-2-10(8-11)13(20)18-6-4-9(5-7-18)12(17)19/h1-3,8-9,14H,4-7H2,(H2,17,19). The number of likely N-dealkylation sites (tertiary alicyclic amines) is 1. The number of alkyl halides is 2. The van der Waals surface area contributed by atoms with Gasteiger partial charge in [0, 0.05) is 24.6 Å². The van der Waals surface area contributed by atoms with Crippen molar-refractivity contribution in [2.24, 2.45) is 11.7 Å². The molecule has 0 saturated carbocycles. The van der Waals surface area contributed by atoms with E-state index in [1.807, 2.05) is 0 Å². The van der Waals surface area contributed by atoms with E-state index >= 15 is 0 Å². The molecule has 21 heavy (non-hydrogen) atoms. The van der Waals surface area contributed by atoms with Gasteiger partial charge >= 0.3 is 6.61 Å². The van der Waals surface area contributed by atoms with Crippen LogP contribution in [0.25, 0.3) is 0 Å². The fraction of sp³-hybridized carbons (Fsp3) is 0.429. The van der Waals surface area contributed by atoms with E-state index in [1.165, 1.54) is 18.2 Å². The van der Waals surface area contributed by atoms with Crippen LogP contribution in [0, 0.1) is 5.92 Å². The van der Waals surface area contributed by atoms with Crippen LogP contribution in [0.4, 0.5) is 8.78 Å². The number of nitrogens with two attached hydrogens (primary N) is 1. The molecule has 2 rings (SSSR count). The maximum atomic E-state index is 12.3. The van der Waals surface area contributed by atoms with Gasteiger partial charge in [-0.1, -0.05) is 6.07 Å². The minimum Gasteiger partial charge on any atom is -0.435 e. The molecule has 0 spiro atoms. The molecule has 0 aliphatic carbocycles. The van der Waals surface area contributed by atoms with Crippen LogP contribution >= 0.6 is 0 Å². The van der Waals surface area contributed by atoms with E-state index in [0.717, 1.165) is 0 Å². The fourth-order valence-corrected chi connectivity index (χ4v) is 2.35. The van der Waals surface area contributed by atoms with Gasteiger partial charge in [0.2, 0.25) is 5.91 Å². The molecular weight excluding hydrogens is 282 g/mol. The van der Waals surface area contributed by atoms with Gasteiger partial charge in [0.25, 0.3) is 5.91 Å². The highest BCUT2D eigenvalue weighted by molar-refractivity contribution is 5.94. The lowest BCUT2D eigenvalue weighted by molar-refractivity contribution is -0.123. The van der Waals surface area contributed by atoms with Crippen molar-refractivity contribution in [3.05, 3.63) is 29.8 Å². The van der Waals surface area contributed by atoms with Gasteiger partial charge in [-0.05, 0) is 31.0 Å². The number of rotatable bonds is 4.